The molecule has 0 amide bonds. The number of fused-ring (bicyclic) bond motifs is 1. The molecule has 7 nitrogen and oxygen atoms in total. The van der Waals surface area contributed by atoms with E-state index in [1.54, 1.807) is 44.6 Å². The third-order valence-corrected chi connectivity index (χ3v) is 5.01. The first-order chi connectivity index (χ1) is 13.9. The number of Topliss-reactive ketones (excluding diaryl/α,β-unsaturated/α-hetero) is 1. The largest absolute Gasteiger partial charge is 0.496 e. The van der Waals surface area contributed by atoms with Crippen molar-refractivity contribution in [2.75, 3.05) is 33.9 Å². The number of aliphatic hydroxyl groups is 2. The van der Waals surface area contributed by atoms with Crippen LogP contribution in [-0.4, -0.2) is 60.9 Å². The lowest BCUT2D eigenvalue weighted by Gasteiger charge is -2.34. The maximum Gasteiger partial charge on any atom is 0.159 e. The highest BCUT2D eigenvalue weighted by Crippen LogP contribution is 2.39. The summed E-state index contributed by atoms with van der Waals surface area (Å²) in [5.74, 6) is 1.80. The normalized spacial score (nSPS) is 17.3. The number of rotatable bonds is 8. The third-order valence-electron chi connectivity index (χ3n) is 5.01. The molecule has 3 rings (SSSR count). The van der Waals surface area contributed by atoms with E-state index in [1.807, 2.05) is 11.0 Å². The van der Waals surface area contributed by atoms with Gasteiger partial charge in [-0.05, 0) is 31.2 Å². The molecule has 0 radical (unpaired) electrons. The quantitative estimate of drug-likeness (QED) is 0.656. The zero-order valence-electron chi connectivity index (χ0n) is 16.9. The fraction of sp³-hybridized carbons (Fsp3) is 0.409. The second kappa shape index (κ2) is 9.26. The number of methoxy groups -OCH3 is 2. The number of carbonyl (C=O) groups is 1. The van der Waals surface area contributed by atoms with Gasteiger partial charge in [-0.3, -0.25) is 9.69 Å². The van der Waals surface area contributed by atoms with Crippen molar-refractivity contribution in [1.29, 1.82) is 0 Å². The molecular weight excluding hydrogens is 374 g/mol. The SMILES string of the molecule is COc1ccc(OC)c2c1CN(C[C@H](O)COc1cccc(C(C)=O)c1)C[C@@H]2O. The van der Waals surface area contributed by atoms with Gasteiger partial charge in [0.25, 0.3) is 0 Å². The maximum atomic E-state index is 11.5. The van der Waals surface area contributed by atoms with Crippen molar-refractivity contribution in [3.8, 4) is 17.2 Å². The first kappa shape index (κ1) is 21.1. The molecule has 2 atom stereocenters. The summed E-state index contributed by atoms with van der Waals surface area (Å²) in [4.78, 5) is 13.4. The first-order valence-corrected chi connectivity index (χ1v) is 9.49. The molecule has 0 spiro atoms. The number of ether oxygens (including phenoxy) is 3. The maximum absolute atomic E-state index is 11.5. The van der Waals surface area contributed by atoms with Crippen LogP contribution >= 0.6 is 0 Å². The van der Waals surface area contributed by atoms with Gasteiger partial charge in [-0.1, -0.05) is 12.1 Å². The monoisotopic (exact) mass is 401 g/mol. The molecule has 0 bridgehead atoms. The fourth-order valence-electron chi connectivity index (χ4n) is 3.63. The van der Waals surface area contributed by atoms with E-state index < -0.39 is 12.2 Å². The molecule has 7 heteroatoms. The van der Waals surface area contributed by atoms with Gasteiger partial charge in [-0.25, -0.2) is 0 Å². The predicted molar refractivity (Wildman–Crippen MR) is 108 cm³/mol. The van der Waals surface area contributed by atoms with Crippen molar-refractivity contribution in [3.63, 3.8) is 0 Å². The van der Waals surface area contributed by atoms with Crippen LogP contribution in [0.4, 0.5) is 0 Å². The number of aliphatic hydroxyl groups excluding tert-OH is 2. The summed E-state index contributed by atoms with van der Waals surface area (Å²) in [6, 6.07) is 10.5. The van der Waals surface area contributed by atoms with Gasteiger partial charge in [0.05, 0.1) is 20.3 Å². The van der Waals surface area contributed by atoms with Gasteiger partial charge in [0.2, 0.25) is 0 Å². The van der Waals surface area contributed by atoms with Gasteiger partial charge < -0.3 is 24.4 Å². The Labute approximate surface area is 170 Å². The molecule has 0 aliphatic carbocycles. The molecular formula is C22H27NO6. The van der Waals surface area contributed by atoms with Crippen LogP contribution in [-0.2, 0) is 6.54 Å². The van der Waals surface area contributed by atoms with Crippen LogP contribution in [0.3, 0.4) is 0 Å². The van der Waals surface area contributed by atoms with E-state index in [4.69, 9.17) is 14.2 Å². The molecule has 1 aliphatic heterocycles. The Kier molecular flexibility index (Phi) is 6.74. The fourth-order valence-corrected chi connectivity index (χ4v) is 3.63. The molecule has 29 heavy (non-hydrogen) atoms. The number of hydrogen-bond donors (Lipinski definition) is 2. The Morgan fingerprint density at radius 3 is 2.62 bits per heavy atom. The number of ketones is 1. The standard InChI is InChI=1S/C22H27NO6/c1-14(24)15-5-4-6-17(9-15)29-13-16(25)10-23-11-18-20(27-2)7-8-21(28-3)22(18)19(26)12-23/h4-9,16,19,25-26H,10-13H2,1-3H3/t16-,19-/m0/s1. The van der Waals surface area contributed by atoms with E-state index in [0.29, 0.717) is 42.4 Å². The van der Waals surface area contributed by atoms with Crippen molar-refractivity contribution >= 4 is 5.78 Å². The highest BCUT2D eigenvalue weighted by atomic mass is 16.5. The molecule has 2 N–H and O–H groups in total. The lowest BCUT2D eigenvalue weighted by Crippen LogP contribution is -2.40. The van der Waals surface area contributed by atoms with E-state index in [0.717, 1.165) is 11.1 Å². The zero-order valence-corrected chi connectivity index (χ0v) is 16.9. The number of benzene rings is 2. The minimum Gasteiger partial charge on any atom is -0.496 e. The van der Waals surface area contributed by atoms with Crippen LogP contribution in [0.1, 0.15) is 34.5 Å². The molecule has 2 aromatic carbocycles. The Morgan fingerprint density at radius 1 is 1.21 bits per heavy atom. The van der Waals surface area contributed by atoms with Gasteiger partial charge in [-0.2, -0.15) is 0 Å². The summed E-state index contributed by atoms with van der Waals surface area (Å²) in [6.07, 6.45) is -1.51. The van der Waals surface area contributed by atoms with Crippen molar-refractivity contribution in [3.05, 3.63) is 53.1 Å². The molecule has 156 valence electrons. The molecule has 0 fully saturated rings. The molecule has 0 aromatic heterocycles. The summed E-state index contributed by atoms with van der Waals surface area (Å²) in [5.41, 5.74) is 2.15. The van der Waals surface area contributed by atoms with E-state index in [-0.39, 0.29) is 12.4 Å². The zero-order chi connectivity index (χ0) is 21.0. The lowest BCUT2D eigenvalue weighted by molar-refractivity contribution is 0.0322. The van der Waals surface area contributed by atoms with Gasteiger partial charge in [0.15, 0.2) is 5.78 Å². The van der Waals surface area contributed by atoms with Crippen molar-refractivity contribution in [2.45, 2.75) is 25.7 Å². The van der Waals surface area contributed by atoms with Crippen LogP contribution in [0.25, 0.3) is 0 Å². The molecule has 0 saturated heterocycles. The van der Waals surface area contributed by atoms with E-state index in [9.17, 15) is 15.0 Å². The average Bonchev–Trinajstić information content (AvgIpc) is 2.71. The Morgan fingerprint density at radius 2 is 1.93 bits per heavy atom. The van der Waals surface area contributed by atoms with Crippen LogP contribution < -0.4 is 14.2 Å². The Bertz CT molecular complexity index is 868. The van der Waals surface area contributed by atoms with Crippen molar-refractivity contribution in [2.24, 2.45) is 0 Å². The summed E-state index contributed by atoms with van der Waals surface area (Å²) >= 11 is 0. The molecule has 2 aromatic rings. The summed E-state index contributed by atoms with van der Waals surface area (Å²) in [5, 5.41) is 21.1. The number of β-amino-alcohol motifs (C(OH)–C–C–N with tert-alkyl or cyclic N) is 2. The second-order valence-electron chi connectivity index (χ2n) is 7.12. The number of hydrogen-bond acceptors (Lipinski definition) is 7. The third kappa shape index (κ3) is 4.87. The van der Waals surface area contributed by atoms with E-state index >= 15 is 0 Å². The van der Waals surface area contributed by atoms with Gasteiger partial charge in [0, 0.05) is 36.3 Å². The van der Waals surface area contributed by atoms with E-state index in [1.165, 1.54) is 6.92 Å². The first-order valence-electron chi connectivity index (χ1n) is 9.49. The van der Waals surface area contributed by atoms with Crippen molar-refractivity contribution < 1.29 is 29.2 Å². The lowest BCUT2D eigenvalue weighted by atomic mass is 9.95. The Hall–Kier alpha value is -2.61. The number of carbonyl (C=O) groups excluding carboxylic acids is 1. The van der Waals surface area contributed by atoms with Gasteiger partial charge >= 0.3 is 0 Å². The molecule has 0 saturated carbocycles. The van der Waals surface area contributed by atoms with Crippen LogP contribution in [0.2, 0.25) is 0 Å². The highest BCUT2D eigenvalue weighted by Gasteiger charge is 2.30. The molecule has 0 unspecified atom stereocenters. The Balaban J connectivity index is 1.64. The van der Waals surface area contributed by atoms with Gasteiger partial charge in [-0.15, -0.1) is 0 Å². The topological polar surface area (TPSA) is 88.5 Å². The predicted octanol–water partition coefficient (Wildman–Crippen LogP) is 2.20. The summed E-state index contributed by atoms with van der Waals surface area (Å²) < 4.78 is 16.5. The summed E-state index contributed by atoms with van der Waals surface area (Å²) in [6.45, 7) is 2.78. The van der Waals surface area contributed by atoms with Crippen molar-refractivity contribution in [1.82, 2.24) is 4.90 Å². The number of nitrogens with zero attached hydrogens (tertiary/aromatic N) is 1. The van der Waals surface area contributed by atoms with Crippen LogP contribution in [0, 0.1) is 0 Å². The van der Waals surface area contributed by atoms with Crippen LogP contribution in [0.5, 0.6) is 17.2 Å². The van der Waals surface area contributed by atoms with E-state index in [2.05, 4.69) is 0 Å². The minimum absolute atomic E-state index is 0.0404. The minimum atomic E-state index is -0.763. The molecule has 1 aliphatic rings. The van der Waals surface area contributed by atoms with Gasteiger partial charge in [0.1, 0.15) is 30.0 Å². The molecule has 1 heterocycles. The second-order valence-corrected chi connectivity index (χ2v) is 7.12. The highest BCUT2D eigenvalue weighted by molar-refractivity contribution is 5.94. The smallest absolute Gasteiger partial charge is 0.159 e. The summed E-state index contributed by atoms with van der Waals surface area (Å²) in [7, 11) is 3.16. The average molecular weight is 401 g/mol. The van der Waals surface area contributed by atoms with Crippen LogP contribution in [0.15, 0.2) is 36.4 Å².